The van der Waals surface area contributed by atoms with Crippen LogP contribution in [0.15, 0.2) is 60.2 Å². The van der Waals surface area contributed by atoms with Crippen molar-refractivity contribution in [1.82, 2.24) is 9.97 Å². The highest BCUT2D eigenvalue weighted by molar-refractivity contribution is 7.09. The zero-order valence-electron chi connectivity index (χ0n) is 15.9. The molecular formula is C22H22N2O3S. The highest BCUT2D eigenvalue weighted by Crippen LogP contribution is 2.17. The van der Waals surface area contributed by atoms with Crippen LogP contribution in [0, 0.1) is 6.92 Å². The number of rotatable bonds is 8. The molecule has 0 fully saturated rings. The second kappa shape index (κ2) is 9.80. The number of carbonyl (C=O) groups excluding carboxylic acids is 1. The summed E-state index contributed by atoms with van der Waals surface area (Å²) in [5.41, 5.74) is 2.81. The fraction of sp³-hybridized carbons (Fsp3) is 0.227. The van der Waals surface area contributed by atoms with Crippen molar-refractivity contribution in [3.05, 3.63) is 82.1 Å². The van der Waals surface area contributed by atoms with Crippen molar-refractivity contribution < 1.29 is 14.3 Å². The number of nitrogens with zero attached hydrogens (tertiary/aromatic N) is 2. The summed E-state index contributed by atoms with van der Waals surface area (Å²) < 4.78 is 11.2. The van der Waals surface area contributed by atoms with E-state index in [1.54, 1.807) is 29.8 Å². The highest BCUT2D eigenvalue weighted by Gasteiger charge is 2.08. The van der Waals surface area contributed by atoms with E-state index in [0.717, 1.165) is 27.6 Å². The molecule has 144 valence electrons. The van der Waals surface area contributed by atoms with Crippen molar-refractivity contribution in [3.63, 3.8) is 0 Å². The van der Waals surface area contributed by atoms with Crippen molar-refractivity contribution in [3.8, 4) is 5.75 Å². The van der Waals surface area contributed by atoms with Crippen LogP contribution in [0.25, 0.3) is 6.08 Å². The predicted molar refractivity (Wildman–Crippen MR) is 110 cm³/mol. The average Bonchev–Trinajstić information content (AvgIpc) is 3.11. The fourth-order valence-electron chi connectivity index (χ4n) is 2.63. The monoisotopic (exact) mass is 394 g/mol. The molecule has 0 aliphatic carbocycles. The van der Waals surface area contributed by atoms with E-state index in [9.17, 15) is 4.79 Å². The number of carbonyl (C=O) groups is 1. The van der Waals surface area contributed by atoms with E-state index < -0.39 is 0 Å². The van der Waals surface area contributed by atoms with Gasteiger partial charge in [-0.15, -0.1) is 11.3 Å². The number of esters is 1. The summed E-state index contributed by atoms with van der Waals surface area (Å²) in [4.78, 5) is 20.5. The number of ether oxygens (including phenoxy) is 2. The lowest BCUT2D eigenvalue weighted by Gasteiger charge is -2.11. The maximum Gasteiger partial charge on any atom is 0.331 e. The largest absolute Gasteiger partial charge is 0.487 e. The van der Waals surface area contributed by atoms with Crippen LogP contribution in [-0.4, -0.2) is 22.0 Å². The van der Waals surface area contributed by atoms with E-state index in [1.165, 1.54) is 6.08 Å². The first-order valence-electron chi connectivity index (χ1n) is 9.00. The van der Waals surface area contributed by atoms with Crippen LogP contribution in [0.5, 0.6) is 5.75 Å². The van der Waals surface area contributed by atoms with Gasteiger partial charge in [-0.1, -0.05) is 18.2 Å². The smallest absolute Gasteiger partial charge is 0.331 e. The Labute approximate surface area is 168 Å². The molecule has 0 N–H and O–H groups in total. The molecule has 1 atom stereocenters. The molecule has 3 aromatic rings. The zero-order valence-corrected chi connectivity index (χ0v) is 16.7. The summed E-state index contributed by atoms with van der Waals surface area (Å²) in [5, 5.41) is 3.01. The molecule has 0 aliphatic heterocycles. The Balaban J connectivity index is 1.51. The molecule has 3 rings (SSSR count). The van der Waals surface area contributed by atoms with Crippen LogP contribution < -0.4 is 4.74 Å². The Morgan fingerprint density at radius 2 is 2.18 bits per heavy atom. The third kappa shape index (κ3) is 6.32. The number of pyridine rings is 1. The minimum absolute atomic E-state index is 0.224. The van der Waals surface area contributed by atoms with Crippen molar-refractivity contribution in [2.24, 2.45) is 0 Å². The maximum absolute atomic E-state index is 12.1. The molecule has 5 nitrogen and oxygen atoms in total. The summed E-state index contributed by atoms with van der Waals surface area (Å²) in [7, 11) is 0. The number of aromatic nitrogens is 2. The van der Waals surface area contributed by atoms with Gasteiger partial charge in [-0.25, -0.2) is 9.78 Å². The van der Waals surface area contributed by atoms with Crippen LogP contribution in [0.3, 0.4) is 0 Å². The Hall–Kier alpha value is -2.99. The van der Waals surface area contributed by atoms with Gasteiger partial charge in [0.2, 0.25) is 0 Å². The zero-order chi connectivity index (χ0) is 19.8. The molecule has 0 saturated heterocycles. The van der Waals surface area contributed by atoms with Crippen LogP contribution in [0.4, 0.5) is 0 Å². The van der Waals surface area contributed by atoms with Crippen molar-refractivity contribution in [2.75, 3.05) is 0 Å². The lowest BCUT2D eigenvalue weighted by Crippen LogP contribution is -2.15. The van der Waals surface area contributed by atoms with Crippen molar-refractivity contribution in [2.45, 2.75) is 33.0 Å². The quantitative estimate of drug-likeness (QED) is 0.412. The minimum atomic E-state index is -0.374. The molecule has 2 aromatic heterocycles. The van der Waals surface area contributed by atoms with Gasteiger partial charge in [0.05, 0.1) is 10.7 Å². The predicted octanol–water partition coefficient (Wildman–Crippen LogP) is 4.61. The highest BCUT2D eigenvalue weighted by atomic mass is 32.1. The molecule has 0 radical (unpaired) electrons. The van der Waals surface area contributed by atoms with Crippen LogP contribution in [0.2, 0.25) is 0 Å². The van der Waals surface area contributed by atoms with E-state index >= 15 is 0 Å². The van der Waals surface area contributed by atoms with E-state index in [4.69, 9.17) is 9.47 Å². The summed E-state index contributed by atoms with van der Waals surface area (Å²) in [6, 6.07) is 11.4. The molecule has 0 aliphatic rings. The maximum atomic E-state index is 12.1. The van der Waals surface area contributed by atoms with Gasteiger partial charge >= 0.3 is 5.97 Å². The summed E-state index contributed by atoms with van der Waals surface area (Å²) in [6.45, 7) is 4.26. The van der Waals surface area contributed by atoms with Crippen LogP contribution in [0.1, 0.15) is 28.8 Å². The summed E-state index contributed by atoms with van der Waals surface area (Å²) in [6.07, 6.45) is 7.06. The second-order valence-electron chi connectivity index (χ2n) is 6.37. The molecule has 6 heteroatoms. The van der Waals surface area contributed by atoms with E-state index in [0.29, 0.717) is 13.0 Å². The Bertz CT molecular complexity index is 938. The number of thiazole rings is 1. The first-order valence-corrected chi connectivity index (χ1v) is 9.88. The molecule has 1 unspecified atom stereocenters. The van der Waals surface area contributed by atoms with E-state index in [2.05, 4.69) is 9.97 Å². The Kier molecular flexibility index (Phi) is 6.92. The minimum Gasteiger partial charge on any atom is -0.487 e. The SMILES string of the molecule is Cc1nc(COc2cccc(/C=C/C(=O)OC(C)Cc3cccnc3)c2)cs1. The van der Waals surface area contributed by atoms with Crippen LogP contribution in [-0.2, 0) is 22.6 Å². The fourth-order valence-corrected chi connectivity index (χ4v) is 3.23. The van der Waals surface area contributed by atoms with E-state index in [1.807, 2.05) is 55.6 Å². The van der Waals surface area contributed by atoms with Gasteiger partial charge in [-0.05, 0) is 49.2 Å². The van der Waals surface area contributed by atoms with Gasteiger partial charge in [0.1, 0.15) is 18.5 Å². The van der Waals surface area contributed by atoms with E-state index in [-0.39, 0.29) is 12.1 Å². The van der Waals surface area contributed by atoms with Crippen LogP contribution >= 0.6 is 11.3 Å². The van der Waals surface area contributed by atoms with Gasteiger partial charge in [0, 0.05) is 30.3 Å². The summed E-state index contributed by atoms with van der Waals surface area (Å²) >= 11 is 1.60. The van der Waals surface area contributed by atoms with Crippen molar-refractivity contribution in [1.29, 1.82) is 0 Å². The molecule has 0 bridgehead atoms. The van der Waals surface area contributed by atoms with Gasteiger partial charge in [-0.2, -0.15) is 0 Å². The third-order valence-corrected chi connectivity index (χ3v) is 4.71. The molecule has 0 amide bonds. The third-order valence-electron chi connectivity index (χ3n) is 3.89. The normalized spacial score (nSPS) is 12.1. The standard InChI is InChI=1S/C22H22N2O3S/c1-16(11-19-6-4-10-23-13-19)27-22(25)9-8-18-5-3-7-21(12-18)26-14-20-15-28-17(2)24-20/h3-10,12-13,15-16H,11,14H2,1-2H3/b9-8+. The lowest BCUT2D eigenvalue weighted by molar-refractivity contribution is -0.141. The lowest BCUT2D eigenvalue weighted by atomic mass is 10.1. The number of hydrogen-bond acceptors (Lipinski definition) is 6. The molecular weight excluding hydrogens is 372 g/mol. The molecule has 1 aromatic carbocycles. The Morgan fingerprint density at radius 3 is 2.93 bits per heavy atom. The number of benzene rings is 1. The number of aryl methyl sites for hydroxylation is 1. The molecule has 28 heavy (non-hydrogen) atoms. The van der Waals surface area contributed by atoms with Crippen molar-refractivity contribution >= 4 is 23.4 Å². The first-order chi connectivity index (χ1) is 13.6. The molecule has 0 saturated carbocycles. The van der Waals surface area contributed by atoms with Gasteiger partial charge < -0.3 is 9.47 Å². The van der Waals surface area contributed by atoms with Gasteiger partial charge in [0.25, 0.3) is 0 Å². The Morgan fingerprint density at radius 1 is 1.29 bits per heavy atom. The summed E-state index contributed by atoms with van der Waals surface area (Å²) in [5.74, 6) is 0.353. The van der Waals surface area contributed by atoms with Gasteiger partial charge in [-0.3, -0.25) is 4.98 Å². The average molecular weight is 394 g/mol. The van der Waals surface area contributed by atoms with Gasteiger partial charge in [0.15, 0.2) is 0 Å². The number of hydrogen-bond donors (Lipinski definition) is 0. The molecule has 0 spiro atoms. The first kappa shape index (κ1) is 19.8. The topological polar surface area (TPSA) is 61.3 Å². The second-order valence-corrected chi connectivity index (χ2v) is 7.43. The molecule has 2 heterocycles.